The van der Waals surface area contributed by atoms with Gasteiger partial charge in [-0.25, -0.2) is 0 Å². The number of carbonyl (C=O) groups excluding carboxylic acids is 2. The molecule has 2 rings (SSSR count). The van der Waals surface area contributed by atoms with Crippen LogP contribution in [0.5, 0.6) is 0 Å². The first-order valence-corrected chi connectivity index (χ1v) is 9.46. The topological polar surface area (TPSA) is 52.7 Å². The van der Waals surface area contributed by atoms with E-state index < -0.39 is 0 Å². The summed E-state index contributed by atoms with van der Waals surface area (Å²) in [6.07, 6.45) is 9.24. The maximum absolute atomic E-state index is 12.4. The van der Waals surface area contributed by atoms with Crippen LogP contribution >= 0.6 is 0 Å². The molecule has 2 aliphatic rings. The molecule has 1 saturated heterocycles. The van der Waals surface area contributed by atoms with Crippen LogP contribution in [0, 0.1) is 5.92 Å². The van der Waals surface area contributed by atoms with Gasteiger partial charge in [0, 0.05) is 39.1 Å². The largest absolute Gasteiger partial charge is 0.355 e. The van der Waals surface area contributed by atoms with Gasteiger partial charge in [0.2, 0.25) is 11.8 Å². The predicted molar refractivity (Wildman–Crippen MR) is 92.1 cm³/mol. The second-order valence-electron chi connectivity index (χ2n) is 7.07. The highest BCUT2D eigenvalue weighted by Crippen LogP contribution is 2.26. The molecule has 23 heavy (non-hydrogen) atoms. The van der Waals surface area contributed by atoms with E-state index in [1.165, 1.54) is 32.1 Å². The van der Waals surface area contributed by atoms with E-state index in [1.807, 2.05) is 4.90 Å². The number of amides is 2. The summed E-state index contributed by atoms with van der Waals surface area (Å²) in [6, 6.07) is 0. The Morgan fingerprint density at radius 2 is 1.74 bits per heavy atom. The van der Waals surface area contributed by atoms with Crippen molar-refractivity contribution < 1.29 is 9.59 Å². The lowest BCUT2D eigenvalue weighted by atomic mass is 9.86. The maximum atomic E-state index is 12.4. The second kappa shape index (κ2) is 9.91. The molecular weight excluding hydrogens is 290 g/mol. The Hall–Kier alpha value is -1.10. The predicted octanol–water partition coefficient (Wildman–Crippen LogP) is 2.02. The van der Waals surface area contributed by atoms with Gasteiger partial charge in [-0.2, -0.15) is 0 Å². The molecule has 1 aliphatic carbocycles. The number of nitrogens with zero attached hydrogens (tertiary/aromatic N) is 2. The van der Waals surface area contributed by atoms with E-state index in [-0.39, 0.29) is 5.91 Å². The van der Waals surface area contributed by atoms with Crippen molar-refractivity contribution in [2.45, 2.75) is 58.3 Å². The summed E-state index contributed by atoms with van der Waals surface area (Å²) in [5.74, 6) is 1.04. The highest BCUT2D eigenvalue weighted by molar-refractivity contribution is 5.78. The zero-order valence-corrected chi connectivity index (χ0v) is 14.7. The van der Waals surface area contributed by atoms with Crippen molar-refractivity contribution in [2.24, 2.45) is 5.92 Å². The maximum Gasteiger partial charge on any atom is 0.234 e. The first-order chi connectivity index (χ1) is 11.2. The molecule has 5 nitrogen and oxygen atoms in total. The first-order valence-electron chi connectivity index (χ1n) is 9.46. The third-order valence-electron chi connectivity index (χ3n) is 5.13. The molecule has 0 aromatic rings. The lowest BCUT2D eigenvalue weighted by Crippen LogP contribution is -2.51. The molecule has 5 heteroatoms. The quantitative estimate of drug-likeness (QED) is 0.729. The van der Waals surface area contributed by atoms with Crippen LogP contribution in [0.3, 0.4) is 0 Å². The molecule has 1 saturated carbocycles. The van der Waals surface area contributed by atoms with Crippen molar-refractivity contribution in [1.82, 2.24) is 15.1 Å². The van der Waals surface area contributed by atoms with E-state index in [0.29, 0.717) is 18.4 Å². The molecule has 1 N–H and O–H groups in total. The molecule has 2 fully saturated rings. The normalized spacial score (nSPS) is 20.5. The van der Waals surface area contributed by atoms with Gasteiger partial charge in [-0.3, -0.25) is 14.5 Å². The van der Waals surface area contributed by atoms with Gasteiger partial charge in [-0.15, -0.1) is 0 Å². The Bertz CT molecular complexity index is 372. The van der Waals surface area contributed by atoms with Gasteiger partial charge in [0.1, 0.15) is 0 Å². The lowest BCUT2D eigenvalue weighted by Gasteiger charge is -2.35. The minimum Gasteiger partial charge on any atom is -0.355 e. The van der Waals surface area contributed by atoms with Gasteiger partial charge in [0.05, 0.1) is 6.54 Å². The van der Waals surface area contributed by atoms with E-state index >= 15 is 0 Å². The number of carbonyl (C=O) groups is 2. The van der Waals surface area contributed by atoms with Crippen LogP contribution in [0.25, 0.3) is 0 Å². The van der Waals surface area contributed by atoms with Crippen molar-refractivity contribution in [3.63, 3.8) is 0 Å². The number of rotatable bonds is 7. The Morgan fingerprint density at radius 1 is 1.04 bits per heavy atom. The van der Waals surface area contributed by atoms with E-state index in [1.54, 1.807) is 0 Å². The number of nitrogens with one attached hydrogen (secondary N) is 1. The Labute approximate surface area is 140 Å². The van der Waals surface area contributed by atoms with Crippen LogP contribution < -0.4 is 5.32 Å². The standard InChI is InChI=1S/C18H33N3O2/c1-2-3-9-19-17(22)15-20-10-12-21(13-11-20)18(23)14-16-7-5-4-6-8-16/h16H,2-15H2,1H3,(H,19,22). The summed E-state index contributed by atoms with van der Waals surface area (Å²) in [5.41, 5.74) is 0. The van der Waals surface area contributed by atoms with Gasteiger partial charge in [0.15, 0.2) is 0 Å². The van der Waals surface area contributed by atoms with Gasteiger partial charge < -0.3 is 10.2 Å². The minimum absolute atomic E-state index is 0.112. The highest BCUT2D eigenvalue weighted by Gasteiger charge is 2.25. The molecule has 0 aromatic carbocycles. The summed E-state index contributed by atoms with van der Waals surface area (Å²) < 4.78 is 0. The number of hydrogen-bond acceptors (Lipinski definition) is 3. The molecule has 1 aliphatic heterocycles. The average molecular weight is 323 g/mol. The van der Waals surface area contributed by atoms with Gasteiger partial charge in [-0.05, 0) is 25.2 Å². The van der Waals surface area contributed by atoms with E-state index in [2.05, 4.69) is 17.1 Å². The molecular formula is C18H33N3O2. The lowest BCUT2D eigenvalue weighted by molar-refractivity contribution is -0.134. The first kappa shape index (κ1) is 18.2. The summed E-state index contributed by atoms with van der Waals surface area (Å²) >= 11 is 0. The van der Waals surface area contributed by atoms with Crippen molar-refractivity contribution in [1.29, 1.82) is 0 Å². The molecule has 1 heterocycles. The van der Waals surface area contributed by atoms with Crippen LogP contribution in [0.2, 0.25) is 0 Å². The zero-order valence-electron chi connectivity index (χ0n) is 14.7. The fourth-order valence-corrected chi connectivity index (χ4v) is 3.59. The molecule has 2 amide bonds. The van der Waals surface area contributed by atoms with E-state index in [0.717, 1.165) is 52.0 Å². The van der Waals surface area contributed by atoms with Crippen LogP contribution in [-0.4, -0.2) is 60.9 Å². The molecule has 0 unspecified atom stereocenters. The van der Waals surface area contributed by atoms with Gasteiger partial charge in [0.25, 0.3) is 0 Å². The van der Waals surface area contributed by atoms with Crippen molar-refractivity contribution in [3.05, 3.63) is 0 Å². The molecule has 0 aromatic heterocycles. The monoisotopic (exact) mass is 323 g/mol. The van der Waals surface area contributed by atoms with Gasteiger partial charge in [-0.1, -0.05) is 32.6 Å². The van der Waals surface area contributed by atoms with Crippen LogP contribution in [0.15, 0.2) is 0 Å². The summed E-state index contributed by atoms with van der Waals surface area (Å²) in [7, 11) is 0. The fourth-order valence-electron chi connectivity index (χ4n) is 3.59. The number of hydrogen-bond donors (Lipinski definition) is 1. The van der Waals surface area contributed by atoms with Crippen LogP contribution in [-0.2, 0) is 9.59 Å². The highest BCUT2D eigenvalue weighted by atomic mass is 16.2. The number of unbranched alkanes of at least 4 members (excludes halogenated alkanes) is 1. The summed E-state index contributed by atoms with van der Waals surface area (Å²) in [6.45, 7) is 6.54. The van der Waals surface area contributed by atoms with E-state index in [9.17, 15) is 9.59 Å². The molecule has 132 valence electrons. The summed E-state index contributed by atoms with van der Waals surface area (Å²) in [5, 5.41) is 2.96. The van der Waals surface area contributed by atoms with Crippen molar-refractivity contribution in [3.8, 4) is 0 Å². The zero-order chi connectivity index (χ0) is 16.5. The third-order valence-corrected chi connectivity index (χ3v) is 5.13. The van der Waals surface area contributed by atoms with Crippen LogP contribution in [0.4, 0.5) is 0 Å². The third kappa shape index (κ3) is 6.50. The molecule has 0 bridgehead atoms. The van der Waals surface area contributed by atoms with Gasteiger partial charge >= 0.3 is 0 Å². The molecule has 0 spiro atoms. The Balaban J connectivity index is 1.62. The van der Waals surface area contributed by atoms with Crippen molar-refractivity contribution >= 4 is 11.8 Å². The molecule has 0 atom stereocenters. The Morgan fingerprint density at radius 3 is 2.39 bits per heavy atom. The van der Waals surface area contributed by atoms with Crippen molar-refractivity contribution in [2.75, 3.05) is 39.3 Å². The number of piperazine rings is 1. The average Bonchev–Trinajstić information content (AvgIpc) is 2.56. The Kier molecular flexibility index (Phi) is 7.86. The SMILES string of the molecule is CCCCNC(=O)CN1CCN(C(=O)CC2CCCCC2)CC1. The smallest absolute Gasteiger partial charge is 0.234 e. The fraction of sp³-hybridized carbons (Fsp3) is 0.889. The summed E-state index contributed by atoms with van der Waals surface area (Å²) in [4.78, 5) is 28.4. The minimum atomic E-state index is 0.112. The van der Waals surface area contributed by atoms with Crippen LogP contribution in [0.1, 0.15) is 58.3 Å². The second-order valence-corrected chi connectivity index (χ2v) is 7.07. The molecule has 0 radical (unpaired) electrons. The van der Waals surface area contributed by atoms with E-state index in [4.69, 9.17) is 0 Å².